The predicted octanol–water partition coefficient (Wildman–Crippen LogP) is 5.39. The monoisotopic (exact) mass is 402 g/mol. The van der Waals surface area contributed by atoms with E-state index in [9.17, 15) is 4.79 Å². The highest BCUT2D eigenvalue weighted by molar-refractivity contribution is 7.99. The molecule has 2 aromatic heterocycles. The molecular formula is C23H15ClN2OS. The van der Waals surface area contributed by atoms with Gasteiger partial charge in [-0.2, -0.15) is 0 Å². The first kappa shape index (κ1) is 18.4. The van der Waals surface area contributed by atoms with Crippen LogP contribution >= 0.6 is 23.4 Å². The molecule has 5 heteroatoms. The summed E-state index contributed by atoms with van der Waals surface area (Å²) in [5.41, 5.74) is 3.85. The zero-order chi connectivity index (χ0) is 19.7. The maximum atomic E-state index is 12.5. The van der Waals surface area contributed by atoms with Crippen molar-refractivity contribution in [1.82, 2.24) is 9.55 Å². The van der Waals surface area contributed by atoms with E-state index in [-0.39, 0.29) is 5.56 Å². The summed E-state index contributed by atoms with van der Waals surface area (Å²) in [5.74, 6) is 2.64. The summed E-state index contributed by atoms with van der Waals surface area (Å²) in [6.07, 6.45) is 5.54. The zero-order valence-corrected chi connectivity index (χ0v) is 16.6. The summed E-state index contributed by atoms with van der Waals surface area (Å²) in [6.45, 7) is 0. The first-order valence-corrected chi connectivity index (χ1v) is 9.76. The Morgan fingerprint density at radius 3 is 2.61 bits per heavy atom. The van der Waals surface area contributed by atoms with Crippen molar-refractivity contribution in [3.63, 3.8) is 0 Å². The van der Waals surface area contributed by atoms with Crippen LogP contribution in [0.25, 0.3) is 22.2 Å². The van der Waals surface area contributed by atoms with Gasteiger partial charge < -0.3 is 4.57 Å². The van der Waals surface area contributed by atoms with E-state index >= 15 is 0 Å². The van der Waals surface area contributed by atoms with E-state index in [0.29, 0.717) is 5.02 Å². The average Bonchev–Trinajstić information content (AvgIpc) is 2.72. The van der Waals surface area contributed by atoms with Crippen molar-refractivity contribution in [3.8, 4) is 23.5 Å². The number of terminal acetylenes is 1. The number of hydrogen-bond donors (Lipinski definition) is 0. The number of benzene rings is 2. The summed E-state index contributed by atoms with van der Waals surface area (Å²) in [7, 11) is 1.75. The van der Waals surface area contributed by atoms with Crippen LogP contribution in [0, 0.1) is 12.3 Å². The Morgan fingerprint density at radius 2 is 1.86 bits per heavy atom. The van der Waals surface area contributed by atoms with E-state index in [2.05, 4.69) is 5.92 Å². The van der Waals surface area contributed by atoms with Gasteiger partial charge in [0.1, 0.15) is 5.03 Å². The van der Waals surface area contributed by atoms with Gasteiger partial charge in [-0.25, -0.2) is 4.98 Å². The molecule has 0 amide bonds. The molecule has 0 aliphatic carbocycles. The number of aryl methyl sites for hydroxylation is 1. The Hall–Kier alpha value is -3.00. The van der Waals surface area contributed by atoms with Gasteiger partial charge in [-0.3, -0.25) is 4.79 Å². The summed E-state index contributed by atoms with van der Waals surface area (Å²) >= 11 is 7.51. The third kappa shape index (κ3) is 3.55. The lowest BCUT2D eigenvalue weighted by Gasteiger charge is -2.11. The second kappa shape index (κ2) is 7.55. The van der Waals surface area contributed by atoms with Gasteiger partial charge in [0.15, 0.2) is 0 Å². The summed E-state index contributed by atoms with van der Waals surface area (Å²) in [5, 5.41) is 1.53. The molecule has 3 nitrogen and oxygen atoms in total. The smallest absolute Gasteiger partial charge is 0.251 e. The fourth-order valence-electron chi connectivity index (χ4n) is 2.99. The predicted molar refractivity (Wildman–Crippen MR) is 116 cm³/mol. The van der Waals surface area contributed by atoms with Gasteiger partial charge in [0.05, 0.1) is 11.0 Å². The Labute approximate surface area is 172 Å². The van der Waals surface area contributed by atoms with E-state index in [1.165, 1.54) is 0 Å². The zero-order valence-electron chi connectivity index (χ0n) is 15.0. The molecular weight excluding hydrogens is 388 g/mol. The van der Waals surface area contributed by atoms with Gasteiger partial charge >= 0.3 is 0 Å². The Bertz CT molecular complexity index is 1290. The van der Waals surface area contributed by atoms with Gasteiger partial charge in [-0.15, -0.1) is 6.42 Å². The van der Waals surface area contributed by atoms with Crippen molar-refractivity contribution in [1.29, 1.82) is 0 Å². The number of fused-ring (bicyclic) bond motifs is 1. The van der Waals surface area contributed by atoms with Crippen molar-refractivity contribution in [3.05, 3.63) is 87.7 Å². The Morgan fingerprint density at radius 1 is 1.07 bits per heavy atom. The molecule has 0 saturated carbocycles. The normalized spacial score (nSPS) is 10.8. The van der Waals surface area contributed by atoms with Crippen LogP contribution in [0.2, 0.25) is 5.02 Å². The van der Waals surface area contributed by atoms with Crippen LogP contribution in [0.1, 0.15) is 5.56 Å². The van der Waals surface area contributed by atoms with Crippen LogP contribution < -0.4 is 5.56 Å². The molecule has 2 heterocycles. The molecule has 4 aromatic rings. The minimum absolute atomic E-state index is 0.0893. The average molecular weight is 403 g/mol. The van der Waals surface area contributed by atoms with Crippen molar-refractivity contribution in [2.45, 2.75) is 9.92 Å². The lowest BCUT2D eigenvalue weighted by molar-refractivity contribution is 0.901. The summed E-state index contributed by atoms with van der Waals surface area (Å²) < 4.78 is 1.60. The number of rotatable bonds is 3. The second-order valence-electron chi connectivity index (χ2n) is 6.25. The van der Waals surface area contributed by atoms with Crippen LogP contribution in [0.3, 0.4) is 0 Å². The van der Waals surface area contributed by atoms with Gasteiger partial charge in [-0.05, 0) is 54.1 Å². The van der Waals surface area contributed by atoms with Gasteiger partial charge in [0.2, 0.25) is 0 Å². The first-order valence-electron chi connectivity index (χ1n) is 8.56. The van der Waals surface area contributed by atoms with Crippen LogP contribution in [-0.4, -0.2) is 9.55 Å². The molecule has 28 heavy (non-hydrogen) atoms. The maximum Gasteiger partial charge on any atom is 0.251 e. The minimum atomic E-state index is -0.0893. The van der Waals surface area contributed by atoms with E-state index < -0.39 is 0 Å². The molecule has 2 aromatic carbocycles. The Balaban J connectivity index is 1.89. The molecule has 0 bridgehead atoms. The number of nitrogens with zero attached hydrogens (tertiary/aromatic N) is 2. The molecule has 0 atom stereocenters. The van der Waals surface area contributed by atoms with Gasteiger partial charge in [-0.1, -0.05) is 41.4 Å². The van der Waals surface area contributed by atoms with E-state index in [0.717, 1.165) is 37.6 Å². The molecule has 136 valence electrons. The highest BCUT2D eigenvalue weighted by Gasteiger charge is 2.12. The minimum Gasteiger partial charge on any atom is -0.310 e. The molecule has 0 spiro atoms. The van der Waals surface area contributed by atoms with E-state index in [1.54, 1.807) is 29.4 Å². The molecule has 0 unspecified atom stereocenters. The maximum absolute atomic E-state index is 12.5. The van der Waals surface area contributed by atoms with Gasteiger partial charge in [0.25, 0.3) is 5.56 Å². The van der Waals surface area contributed by atoms with Crippen molar-refractivity contribution >= 4 is 34.4 Å². The largest absolute Gasteiger partial charge is 0.310 e. The van der Waals surface area contributed by atoms with Crippen LogP contribution in [0.15, 0.2) is 81.4 Å². The highest BCUT2D eigenvalue weighted by atomic mass is 35.5. The molecule has 0 aliphatic heterocycles. The lowest BCUT2D eigenvalue weighted by atomic mass is 10.0. The quantitative estimate of drug-likeness (QED) is 0.431. The van der Waals surface area contributed by atoms with Crippen LogP contribution in [-0.2, 0) is 7.05 Å². The molecule has 0 radical (unpaired) electrons. The molecule has 0 saturated heterocycles. The van der Waals surface area contributed by atoms with Gasteiger partial charge in [0, 0.05) is 34.2 Å². The van der Waals surface area contributed by atoms with Crippen molar-refractivity contribution in [2.75, 3.05) is 0 Å². The SMILES string of the molecule is C#Cc1cccc(-c2cc(=O)n(C)c3ccc(Sc4ccc(Cl)cc4)nc23)c1. The van der Waals surface area contributed by atoms with E-state index in [1.807, 2.05) is 60.7 Å². The second-order valence-corrected chi connectivity index (χ2v) is 7.78. The fourth-order valence-corrected chi connectivity index (χ4v) is 3.90. The van der Waals surface area contributed by atoms with Crippen LogP contribution in [0.5, 0.6) is 0 Å². The van der Waals surface area contributed by atoms with Crippen molar-refractivity contribution in [2.24, 2.45) is 7.05 Å². The van der Waals surface area contributed by atoms with Crippen LogP contribution in [0.4, 0.5) is 0 Å². The topological polar surface area (TPSA) is 34.9 Å². The number of halogens is 1. The summed E-state index contributed by atoms with van der Waals surface area (Å²) in [6, 6.07) is 20.7. The Kier molecular flexibility index (Phi) is 4.95. The number of aromatic nitrogens is 2. The first-order chi connectivity index (χ1) is 13.5. The molecule has 0 fully saturated rings. The standard InChI is InChI=1S/C23H15ClN2OS/c1-3-15-5-4-6-16(13-15)19-14-22(27)26(2)20-11-12-21(25-23(19)20)28-18-9-7-17(24)8-10-18/h1,4-14H,2H3. The molecule has 0 aliphatic rings. The molecule has 0 N–H and O–H groups in total. The molecule has 4 rings (SSSR count). The highest BCUT2D eigenvalue weighted by Crippen LogP contribution is 2.31. The fraction of sp³-hybridized carbons (Fsp3) is 0.0435. The third-order valence-electron chi connectivity index (χ3n) is 4.44. The van der Waals surface area contributed by atoms with Crippen molar-refractivity contribution < 1.29 is 0 Å². The number of pyridine rings is 2. The number of hydrogen-bond acceptors (Lipinski definition) is 3. The lowest BCUT2D eigenvalue weighted by Crippen LogP contribution is -2.16. The third-order valence-corrected chi connectivity index (χ3v) is 5.64. The summed E-state index contributed by atoms with van der Waals surface area (Å²) in [4.78, 5) is 18.4. The van der Waals surface area contributed by atoms with E-state index in [4.69, 9.17) is 23.0 Å².